The quantitative estimate of drug-likeness (QED) is 0.799. The first-order valence-corrected chi connectivity index (χ1v) is 6.60. The molecule has 1 heterocycles. The summed E-state index contributed by atoms with van der Waals surface area (Å²) < 4.78 is 0. The van der Waals surface area contributed by atoms with Gasteiger partial charge in [0.05, 0.1) is 0 Å². The molecule has 1 atom stereocenters. The molecule has 2 fully saturated rings. The number of carbonyl (C=O) groups excluding carboxylic acids is 2. The molecule has 1 aliphatic carbocycles. The van der Waals surface area contributed by atoms with Gasteiger partial charge in [-0.05, 0) is 24.8 Å². The molecule has 1 unspecified atom stereocenters. The second kappa shape index (κ2) is 4.23. The highest BCUT2D eigenvalue weighted by Gasteiger charge is 2.52. The molecule has 1 aromatic carbocycles. The number of carbonyl (C=O) groups is 2. The van der Waals surface area contributed by atoms with Crippen molar-refractivity contribution < 1.29 is 9.59 Å². The van der Waals surface area contributed by atoms with Crippen molar-refractivity contribution in [1.82, 2.24) is 4.90 Å². The predicted molar refractivity (Wildman–Crippen MR) is 67.8 cm³/mol. The van der Waals surface area contributed by atoms with Gasteiger partial charge in [0.15, 0.2) is 5.78 Å². The van der Waals surface area contributed by atoms with E-state index in [1.165, 1.54) is 0 Å². The molecule has 0 bridgehead atoms. The van der Waals surface area contributed by atoms with E-state index in [2.05, 4.69) is 0 Å². The van der Waals surface area contributed by atoms with Crippen molar-refractivity contribution in [2.24, 2.45) is 0 Å². The van der Waals surface area contributed by atoms with Crippen molar-refractivity contribution >= 4 is 11.7 Å². The Morgan fingerprint density at radius 1 is 1.06 bits per heavy atom. The van der Waals surface area contributed by atoms with E-state index in [1.807, 2.05) is 35.2 Å². The lowest BCUT2D eigenvalue weighted by Crippen LogP contribution is -2.48. The molecule has 0 radical (unpaired) electrons. The summed E-state index contributed by atoms with van der Waals surface area (Å²) in [6.45, 7) is 0.575. The molecule has 3 rings (SSSR count). The van der Waals surface area contributed by atoms with Crippen LogP contribution >= 0.6 is 0 Å². The van der Waals surface area contributed by atoms with Gasteiger partial charge in [0.2, 0.25) is 5.91 Å². The van der Waals surface area contributed by atoms with Gasteiger partial charge in [0, 0.05) is 19.4 Å². The standard InChI is InChI=1S/C15H17NO2/c17-13-7-4-9-15(13)10-8-14(18)16(15)11-12-5-2-1-3-6-12/h1-3,5-6H,4,7-11H2. The molecule has 0 aromatic heterocycles. The summed E-state index contributed by atoms with van der Waals surface area (Å²) in [4.78, 5) is 26.0. The summed E-state index contributed by atoms with van der Waals surface area (Å²) >= 11 is 0. The maximum Gasteiger partial charge on any atom is 0.223 e. The fourth-order valence-electron chi connectivity index (χ4n) is 3.29. The Bertz CT molecular complexity index is 483. The van der Waals surface area contributed by atoms with Gasteiger partial charge in [-0.3, -0.25) is 9.59 Å². The van der Waals surface area contributed by atoms with Crippen molar-refractivity contribution in [3.05, 3.63) is 35.9 Å². The first-order chi connectivity index (χ1) is 8.72. The van der Waals surface area contributed by atoms with Crippen LogP contribution in [-0.4, -0.2) is 22.1 Å². The average molecular weight is 243 g/mol. The van der Waals surface area contributed by atoms with Gasteiger partial charge in [-0.15, -0.1) is 0 Å². The van der Waals surface area contributed by atoms with E-state index in [-0.39, 0.29) is 11.7 Å². The van der Waals surface area contributed by atoms with Crippen LogP contribution in [0.2, 0.25) is 0 Å². The first kappa shape index (κ1) is 11.5. The first-order valence-electron chi connectivity index (χ1n) is 6.60. The maximum absolute atomic E-state index is 12.2. The van der Waals surface area contributed by atoms with Crippen molar-refractivity contribution in [2.45, 2.75) is 44.2 Å². The highest BCUT2D eigenvalue weighted by Crippen LogP contribution is 2.41. The summed E-state index contributed by atoms with van der Waals surface area (Å²) in [7, 11) is 0. The minimum absolute atomic E-state index is 0.133. The minimum atomic E-state index is -0.465. The molecule has 18 heavy (non-hydrogen) atoms. The molecule has 1 aromatic rings. The van der Waals surface area contributed by atoms with Crippen LogP contribution in [0.15, 0.2) is 30.3 Å². The smallest absolute Gasteiger partial charge is 0.223 e. The average Bonchev–Trinajstić information content (AvgIpc) is 2.90. The van der Waals surface area contributed by atoms with Crippen LogP contribution < -0.4 is 0 Å². The van der Waals surface area contributed by atoms with E-state index in [4.69, 9.17) is 0 Å². The fourth-order valence-corrected chi connectivity index (χ4v) is 3.29. The Labute approximate surface area is 107 Å². The van der Waals surface area contributed by atoms with Gasteiger partial charge in [-0.25, -0.2) is 0 Å². The van der Waals surface area contributed by atoms with Crippen LogP contribution in [0, 0.1) is 0 Å². The molecular formula is C15H17NO2. The fraction of sp³-hybridized carbons (Fsp3) is 0.467. The summed E-state index contributed by atoms with van der Waals surface area (Å²) in [5, 5.41) is 0. The van der Waals surface area contributed by atoms with E-state index in [0.717, 1.165) is 24.8 Å². The minimum Gasteiger partial charge on any atom is -0.326 e. The lowest BCUT2D eigenvalue weighted by molar-refractivity contribution is -0.139. The van der Waals surface area contributed by atoms with Crippen LogP contribution in [0.1, 0.15) is 37.7 Å². The van der Waals surface area contributed by atoms with E-state index in [1.54, 1.807) is 0 Å². The highest BCUT2D eigenvalue weighted by atomic mass is 16.2. The van der Waals surface area contributed by atoms with Crippen molar-refractivity contribution in [3.8, 4) is 0 Å². The summed E-state index contributed by atoms with van der Waals surface area (Å²) in [5.74, 6) is 0.401. The SMILES string of the molecule is O=C1CCC2(CCCC2=O)N1Cc1ccccc1. The lowest BCUT2D eigenvalue weighted by Gasteiger charge is -2.33. The normalized spacial score (nSPS) is 27.4. The Morgan fingerprint density at radius 2 is 1.83 bits per heavy atom. The largest absolute Gasteiger partial charge is 0.326 e. The number of ketones is 1. The molecule has 3 nitrogen and oxygen atoms in total. The lowest BCUT2D eigenvalue weighted by atomic mass is 9.93. The van der Waals surface area contributed by atoms with E-state index >= 15 is 0 Å². The molecule has 1 aliphatic heterocycles. The number of benzene rings is 1. The van der Waals surface area contributed by atoms with Crippen LogP contribution in [-0.2, 0) is 16.1 Å². The Morgan fingerprint density at radius 3 is 2.50 bits per heavy atom. The third kappa shape index (κ3) is 1.65. The van der Waals surface area contributed by atoms with Gasteiger partial charge in [0.1, 0.15) is 5.54 Å². The van der Waals surface area contributed by atoms with Gasteiger partial charge < -0.3 is 4.90 Å². The number of amides is 1. The van der Waals surface area contributed by atoms with Crippen molar-refractivity contribution in [2.75, 3.05) is 0 Å². The number of nitrogens with zero attached hydrogens (tertiary/aromatic N) is 1. The second-order valence-corrected chi connectivity index (χ2v) is 5.27. The number of hydrogen-bond donors (Lipinski definition) is 0. The number of likely N-dealkylation sites (tertiary alicyclic amines) is 1. The molecule has 94 valence electrons. The second-order valence-electron chi connectivity index (χ2n) is 5.27. The molecule has 3 heteroatoms. The van der Waals surface area contributed by atoms with Crippen LogP contribution in [0.5, 0.6) is 0 Å². The van der Waals surface area contributed by atoms with Crippen molar-refractivity contribution in [1.29, 1.82) is 0 Å². The Balaban J connectivity index is 1.89. The van der Waals surface area contributed by atoms with Gasteiger partial charge in [-0.2, -0.15) is 0 Å². The Kier molecular flexibility index (Phi) is 2.69. The highest BCUT2D eigenvalue weighted by molar-refractivity contribution is 5.97. The van der Waals surface area contributed by atoms with E-state index < -0.39 is 5.54 Å². The van der Waals surface area contributed by atoms with Gasteiger partial charge >= 0.3 is 0 Å². The number of hydrogen-bond acceptors (Lipinski definition) is 2. The zero-order valence-corrected chi connectivity index (χ0v) is 10.4. The van der Waals surface area contributed by atoms with Crippen LogP contribution in [0.4, 0.5) is 0 Å². The van der Waals surface area contributed by atoms with E-state index in [9.17, 15) is 9.59 Å². The summed E-state index contributed by atoms with van der Waals surface area (Å²) in [6.07, 6.45) is 3.66. The monoisotopic (exact) mass is 243 g/mol. The van der Waals surface area contributed by atoms with Gasteiger partial charge in [0.25, 0.3) is 0 Å². The predicted octanol–water partition coefficient (Wildman–Crippen LogP) is 2.30. The van der Waals surface area contributed by atoms with Crippen LogP contribution in [0.25, 0.3) is 0 Å². The molecule has 0 N–H and O–H groups in total. The maximum atomic E-state index is 12.2. The summed E-state index contributed by atoms with van der Waals surface area (Å²) in [5.41, 5.74) is 0.638. The number of rotatable bonds is 2. The summed E-state index contributed by atoms with van der Waals surface area (Å²) in [6, 6.07) is 9.93. The molecule has 1 saturated heterocycles. The van der Waals surface area contributed by atoms with Crippen molar-refractivity contribution in [3.63, 3.8) is 0 Å². The van der Waals surface area contributed by atoms with Gasteiger partial charge in [-0.1, -0.05) is 30.3 Å². The zero-order valence-electron chi connectivity index (χ0n) is 10.4. The third-order valence-corrected chi connectivity index (χ3v) is 4.27. The molecular weight excluding hydrogens is 226 g/mol. The number of Topliss-reactive ketones (excluding diaryl/α,β-unsaturated/α-hetero) is 1. The molecule has 1 amide bonds. The molecule has 1 saturated carbocycles. The topological polar surface area (TPSA) is 37.4 Å². The zero-order chi connectivity index (χ0) is 12.6. The Hall–Kier alpha value is -1.64. The molecule has 2 aliphatic rings. The third-order valence-electron chi connectivity index (χ3n) is 4.27. The van der Waals surface area contributed by atoms with E-state index in [0.29, 0.717) is 19.4 Å². The van der Waals surface area contributed by atoms with Crippen LogP contribution in [0.3, 0.4) is 0 Å². The molecule has 1 spiro atoms.